The van der Waals surface area contributed by atoms with Crippen molar-refractivity contribution in [2.45, 2.75) is 6.92 Å². The molecular formula is C16H18N4O. The topological polar surface area (TPSA) is 54.8 Å². The molecule has 0 radical (unpaired) electrons. The fourth-order valence-electron chi connectivity index (χ4n) is 2.57. The van der Waals surface area contributed by atoms with Crippen LogP contribution in [-0.2, 0) is 14.1 Å². The lowest BCUT2D eigenvalue weighted by Crippen LogP contribution is -2.22. The number of hydrogen-bond acceptors (Lipinski definition) is 3. The number of aliphatic imine (C=N–C) groups is 1. The number of aromatic nitrogens is 2. The van der Waals surface area contributed by atoms with Gasteiger partial charge in [-0.1, -0.05) is 18.2 Å². The number of nitrogens with zero attached hydrogens (tertiary/aromatic N) is 4. The Bertz CT molecular complexity index is 821. The molecule has 2 heterocycles. The lowest BCUT2D eigenvalue weighted by molar-refractivity contribution is 0.427. The summed E-state index contributed by atoms with van der Waals surface area (Å²) in [4.78, 5) is 8.80. The van der Waals surface area contributed by atoms with Crippen molar-refractivity contribution in [2.75, 3.05) is 6.54 Å². The predicted octanol–water partition coefficient (Wildman–Crippen LogP) is 2.25. The maximum Gasteiger partial charge on any atom is 0.218 e. The predicted molar refractivity (Wildman–Crippen MR) is 84.6 cm³/mol. The van der Waals surface area contributed by atoms with E-state index in [1.54, 1.807) is 4.57 Å². The first-order valence-corrected chi connectivity index (χ1v) is 6.93. The smallest absolute Gasteiger partial charge is 0.218 e. The SMILES string of the molecule is CCN=c1n(C)c(O)c(/C=C2\C=Nc3ccccc32)n1C. The molecule has 0 atom stereocenters. The molecule has 5 heteroatoms. The van der Waals surface area contributed by atoms with E-state index < -0.39 is 0 Å². The second kappa shape index (κ2) is 5.09. The Morgan fingerprint density at radius 2 is 2.00 bits per heavy atom. The third-order valence-corrected chi connectivity index (χ3v) is 3.66. The van der Waals surface area contributed by atoms with E-state index in [0.29, 0.717) is 6.54 Å². The van der Waals surface area contributed by atoms with Gasteiger partial charge < -0.3 is 9.67 Å². The Hall–Kier alpha value is -2.56. The number of hydrogen-bond donors (Lipinski definition) is 1. The number of para-hydroxylation sites is 1. The molecule has 0 amide bonds. The number of allylic oxidation sites excluding steroid dienone is 1. The van der Waals surface area contributed by atoms with Crippen LogP contribution in [-0.4, -0.2) is 27.0 Å². The lowest BCUT2D eigenvalue weighted by Gasteiger charge is -2.01. The van der Waals surface area contributed by atoms with Crippen LogP contribution in [0.5, 0.6) is 5.88 Å². The van der Waals surface area contributed by atoms with Crippen molar-refractivity contribution in [2.24, 2.45) is 24.1 Å². The Kier molecular flexibility index (Phi) is 3.25. The quantitative estimate of drug-likeness (QED) is 0.902. The van der Waals surface area contributed by atoms with Gasteiger partial charge in [0.1, 0.15) is 5.69 Å². The first-order chi connectivity index (χ1) is 10.1. The highest BCUT2D eigenvalue weighted by atomic mass is 16.3. The zero-order valence-corrected chi connectivity index (χ0v) is 12.4. The molecule has 0 saturated carbocycles. The lowest BCUT2D eigenvalue weighted by atomic mass is 10.1. The summed E-state index contributed by atoms with van der Waals surface area (Å²) >= 11 is 0. The van der Waals surface area contributed by atoms with Gasteiger partial charge in [-0.05, 0) is 19.1 Å². The first kappa shape index (κ1) is 13.4. The molecule has 0 unspecified atom stereocenters. The van der Waals surface area contributed by atoms with Crippen molar-refractivity contribution < 1.29 is 5.11 Å². The van der Waals surface area contributed by atoms with Crippen molar-refractivity contribution in [1.29, 1.82) is 0 Å². The van der Waals surface area contributed by atoms with E-state index in [1.165, 1.54) is 0 Å². The van der Waals surface area contributed by atoms with Gasteiger partial charge in [0.15, 0.2) is 0 Å². The Morgan fingerprint density at radius 1 is 1.24 bits per heavy atom. The molecule has 2 aromatic rings. The molecule has 0 aliphatic carbocycles. The number of fused-ring (bicyclic) bond motifs is 1. The fourth-order valence-corrected chi connectivity index (χ4v) is 2.57. The van der Waals surface area contributed by atoms with Crippen LogP contribution in [0.25, 0.3) is 11.6 Å². The van der Waals surface area contributed by atoms with Gasteiger partial charge in [0.25, 0.3) is 0 Å². The van der Waals surface area contributed by atoms with Crippen LogP contribution in [0.1, 0.15) is 18.2 Å². The van der Waals surface area contributed by atoms with Crippen molar-refractivity contribution >= 4 is 23.6 Å². The van der Waals surface area contributed by atoms with Crippen LogP contribution in [0.4, 0.5) is 5.69 Å². The summed E-state index contributed by atoms with van der Waals surface area (Å²) in [6.45, 7) is 2.65. The van der Waals surface area contributed by atoms with Gasteiger partial charge in [-0.2, -0.15) is 0 Å². The zero-order valence-electron chi connectivity index (χ0n) is 12.4. The van der Waals surface area contributed by atoms with Gasteiger partial charge >= 0.3 is 0 Å². The molecule has 1 aromatic heterocycles. The molecule has 0 bridgehead atoms. The Morgan fingerprint density at radius 3 is 2.76 bits per heavy atom. The molecule has 0 saturated heterocycles. The van der Waals surface area contributed by atoms with E-state index in [0.717, 1.165) is 28.1 Å². The van der Waals surface area contributed by atoms with Gasteiger partial charge in [-0.3, -0.25) is 14.6 Å². The summed E-state index contributed by atoms with van der Waals surface area (Å²) in [6.07, 6.45) is 3.77. The first-order valence-electron chi connectivity index (χ1n) is 6.93. The minimum atomic E-state index is 0.204. The van der Waals surface area contributed by atoms with Crippen LogP contribution in [0.15, 0.2) is 34.3 Å². The summed E-state index contributed by atoms with van der Waals surface area (Å²) < 4.78 is 3.58. The molecule has 1 aliphatic rings. The summed E-state index contributed by atoms with van der Waals surface area (Å²) in [5, 5.41) is 10.3. The van der Waals surface area contributed by atoms with Crippen molar-refractivity contribution in [1.82, 2.24) is 9.13 Å². The second-order valence-electron chi connectivity index (χ2n) is 4.98. The normalized spacial score (nSPS) is 16.0. The summed E-state index contributed by atoms with van der Waals surface area (Å²) in [6, 6.07) is 7.97. The van der Waals surface area contributed by atoms with Gasteiger partial charge in [0, 0.05) is 38.0 Å². The maximum atomic E-state index is 10.3. The molecular weight excluding hydrogens is 264 g/mol. The van der Waals surface area contributed by atoms with Crippen LogP contribution in [0, 0.1) is 0 Å². The standard InChI is InChI=1S/C16H18N4O/c1-4-17-16-19(2)14(15(21)20(16)3)9-11-10-18-13-8-6-5-7-12(11)13/h5-10,21H,4H2,1-3H3/b11-9+,17-16?. The number of benzene rings is 1. The third-order valence-electron chi connectivity index (χ3n) is 3.66. The van der Waals surface area contributed by atoms with Crippen LogP contribution in [0.2, 0.25) is 0 Å². The van der Waals surface area contributed by atoms with Crippen LogP contribution < -0.4 is 5.62 Å². The largest absolute Gasteiger partial charge is 0.493 e. The molecule has 5 nitrogen and oxygen atoms in total. The van der Waals surface area contributed by atoms with Crippen molar-refractivity contribution in [3.05, 3.63) is 41.1 Å². The number of imidazole rings is 1. The van der Waals surface area contributed by atoms with Gasteiger partial charge in [0.2, 0.25) is 11.5 Å². The average molecular weight is 282 g/mol. The highest BCUT2D eigenvalue weighted by Crippen LogP contribution is 2.33. The van der Waals surface area contributed by atoms with Crippen molar-refractivity contribution in [3.63, 3.8) is 0 Å². The average Bonchev–Trinajstić information content (AvgIpc) is 2.98. The van der Waals surface area contributed by atoms with E-state index in [-0.39, 0.29) is 5.88 Å². The summed E-state index contributed by atoms with van der Waals surface area (Å²) in [7, 11) is 3.71. The number of rotatable bonds is 2. The molecule has 1 aromatic carbocycles. The van der Waals surface area contributed by atoms with Crippen LogP contribution in [0.3, 0.4) is 0 Å². The molecule has 1 N–H and O–H groups in total. The van der Waals surface area contributed by atoms with E-state index in [4.69, 9.17) is 0 Å². The summed E-state index contributed by atoms with van der Waals surface area (Å²) in [5.41, 5.74) is 4.49. The molecule has 21 heavy (non-hydrogen) atoms. The van der Waals surface area contributed by atoms with Gasteiger partial charge in [-0.25, -0.2) is 0 Å². The highest BCUT2D eigenvalue weighted by molar-refractivity contribution is 6.21. The molecule has 0 fully saturated rings. The number of aromatic hydroxyl groups is 1. The monoisotopic (exact) mass is 282 g/mol. The molecule has 3 rings (SSSR count). The van der Waals surface area contributed by atoms with Crippen LogP contribution >= 0.6 is 0 Å². The van der Waals surface area contributed by atoms with Crippen molar-refractivity contribution in [3.8, 4) is 5.88 Å². The Labute approximate surface area is 123 Å². The Balaban J connectivity index is 2.17. The van der Waals surface area contributed by atoms with E-state index in [2.05, 4.69) is 9.98 Å². The van der Waals surface area contributed by atoms with E-state index in [1.807, 2.05) is 62.1 Å². The fraction of sp³-hybridized carbons (Fsp3) is 0.250. The summed E-state index contributed by atoms with van der Waals surface area (Å²) in [5.74, 6) is 0.204. The third kappa shape index (κ3) is 2.11. The maximum absolute atomic E-state index is 10.3. The highest BCUT2D eigenvalue weighted by Gasteiger charge is 2.15. The molecule has 108 valence electrons. The molecule has 0 spiro atoms. The van der Waals surface area contributed by atoms with Gasteiger partial charge in [-0.15, -0.1) is 0 Å². The van der Waals surface area contributed by atoms with E-state index in [9.17, 15) is 5.11 Å². The van der Waals surface area contributed by atoms with E-state index >= 15 is 0 Å². The second-order valence-corrected chi connectivity index (χ2v) is 4.98. The minimum Gasteiger partial charge on any atom is -0.493 e. The minimum absolute atomic E-state index is 0.204. The zero-order chi connectivity index (χ0) is 15.0. The van der Waals surface area contributed by atoms with Gasteiger partial charge in [0.05, 0.1) is 5.69 Å². The molecule has 1 aliphatic heterocycles.